The van der Waals surface area contributed by atoms with Gasteiger partial charge in [-0.1, -0.05) is 24.3 Å². The van der Waals surface area contributed by atoms with Gasteiger partial charge in [-0.25, -0.2) is 0 Å². The average molecular weight is 410 g/mol. The molecular formula is C24H31N3O3. The van der Waals surface area contributed by atoms with Gasteiger partial charge in [-0.05, 0) is 62.3 Å². The molecule has 0 saturated heterocycles. The molecule has 0 saturated carbocycles. The van der Waals surface area contributed by atoms with E-state index >= 15 is 0 Å². The standard InChI is InChI=1S/C24H31N3O3/c1-18(28)27-15-13-19-7-4-5-8-22(19)23(27)17-24(29)25-20-9-11-21(12-10-20)30-16-6-14-26(2)3/h4-5,7-12,23H,6,13-17H2,1-3H3,(H,25,29). The van der Waals surface area contributed by atoms with Crippen molar-refractivity contribution in [2.45, 2.75) is 32.2 Å². The highest BCUT2D eigenvalue weighted by Gasteiger charge is 2.30. The van der Waals surface area contributed by atoms with Crippen molar-refractivity contribution >= 4 is 17.5 Å². The van der Waals surface area contributed by atoms with Gasteiger partial charge in [0.05, 0.1) is 19.1 Å². The lowest BCUT2D eigenvalue weighted by atomic mass is 9.90. The maximum absolute atomic E-state index is 12.7. The number of nitrogens with zero attached hydrogens (tertiary/aromatic N) is 2. The Bertz CT molecular complexity index is 864. The van der Waals surface area contributed by atoms with Crippen LogP contribution in [0.15, 0.2) is 48.5 Å². The zero-order valence-electron chi connectivity index (χ0n) is 18.1. The molecule has 6 nitrogen and oxygen atoms in total. The lowest BCUT2D eigenvalue weighted by molar-refractivity contribution is -0.132. The van der Waals surface area contributed by atoms with Crippen molar-refractivity contribution in [3.8, 4) is 5.75 Å². The summed E-state index contributed by atoms with van der Waals surface area (Å²) in [4.78, 5) is 28.8. The number of anilines is 1. The Kier molecular flexibility index (Phi) is 7.46. The number of carbonyl (C=O) groups excluding carboxylic acids is 2. The van der Waals surface area contributed by atoms with E-state index in [0.29, 0.717) is 13.2 Å². The fourth-order valence-corrected chi connectivity index (χ4v) is 3.84. The summed E-state index contributed by atoms with van der Waals surface area (Å²) >= 11 is 0. The Morgan fingerprint density at radius 1 is 1.13 bits per heavy atom. The molecule has 1 aliphatic heterocycles. The summed E-state index contributed by atoms with van der Waals surface area (Å²) in [6.07, 6.45) is 2.02. The molecule has 30 heavy (non-hydrogen) atoms. The maximum Gasteiger partial charge on any atom is 0.226 e. The average Bonchev–Trinajstić information content (AvgIpc) is 2.72. The molecule has 1 N–H and O–H groups in total. The van der Waals surface area contributed by atoms with Crippen LogP contribution < -0.4 is 10.1 Å². The molecule has 6 heteroatoms. The lowest BCUT2D eigenvalue weighted by Gasteiger charge is -2.36. The van der Waals surface area contributed by atoms with E-state index in [-0.39, 0.29) is 24.3 Å². The molecule has 3 rings (SSSR count). The van der Waals surface area contributed by atoms with Crippen molar-refractivity contribution in [2.24, 2.45) is 0 Å². The van der Waals surface area contributed by atoms with Crippen LogP contribution >= 0.6 is 0 Å². The van der Waals surface area contributed by atoms with E-state index in [0.717, 1.165) is 36.4 Å². The van der Waals surface area contributed by atoms with Crippen LogP contribution in [-0.4, -0.2) is 55.4 Å². The molecule has 1 atom stereocenters. The predicted molar refractivity (Wildman–Crippen MR) is 119 cm³/mol. The lowest BCUT2D eigenvalue weighted by Crippen LogP contribution is -2.40. The molecular weight excluding hydrogens is 378 g/mol. The van der Waals surface area contributed by atoms with E-state index in [1.807, 2.05) is 56.6 Å². The highest BCUT2D eigenvalue weighted by molar-refractivity contribution is 5.91. The fraction of sp³-hybridized carbons (Fsp3) is 0.417. The van der Waals surface area contributed by atoms with Crippen LogP contribution in [0.1, 0.15) is 36.9 Å². The Labute approximate surface area is 178 Å². The van der Waals surface area contributed by atoms with Gasteiger partial charge in [0, 0.05) is 25.7 Å². The van der Waals surface area contributed by atoms with Gasteiger partial charge in [0.25, 0.3) is 0 Å². The SMILES string of the molecule is CC(=O)N1CCc2ccccc2C1CC(=O)Nc1ccc(OCCCN(C)C)cc1. The monoisotopic (exact) mass is 409 g/mol. The van der Waals surface area contributed by atoms with Crippen molar-refractivity contribution < 1.29 is 14.3 Å². The molecule has 0 aromatic heterocycles. The van der Waals surface area contributed by atoms with E-state index in [2.05, 4.69) is 16.3 Å². The van der Waals surface area contributed by atoms with Crippen molar-refractivity contribution in [3.05, 3.63) is 59.7 Å². The first kappa shape index (κ1) is 21.8. The molecule has 0 aliphatic carbocycles. The second-order valence-corrected chi connectivity index (χ2v) is 7.96. The van der Waals surface area contributed by atoms with Crippen LogP contribution in [-0.2, 0) is 16.0 Å². The summed E-state index contributed by atoms with van der Waals surface area (Å²) in [5.41, 5.74) is 3.00. The van der Waals surface area contributed by atoms with Gasteiger partial charge in [0.1, 0.15) is 5.75 Å². The summed E-state index contributed by atoms with van der Waals surface area (Å²) in [6, 6.07) is 15.2. The number of benzene rings is 2. The smallest absolute Gasteiger partial charge is 0.226 e. The van der Waals surface area contributed by atoms with Crippen molar-refractivity contribution in [1.29, 1.82) is 0 Å². The highest BCUT2D eigenvalue weighted by Crippen LogP contribution is 2.32. The highest BCUT2D eigenvalue weighted by atomic mass is 16.5. The first-order valence-electron chi connectivity index (χ1n) is 10.5. The molecule has 2 aromatic carbocycles. The summed E-state index contributed by atoms with van der Waals surface area (Å²) in [6.45, 7) is 3.85. The number of hydrogen-bond donors (Lipinski definition) is 1. The minimum Gasteiger partial charge on any atom is -0.494 e. The quantitative estimate of drug-likeness (QED) is 0.678. The number of fused-ring (bicyclic) bond motifs is 1. The summed E-state index contributed by atoms with van der Waals surface area (Å²) in [5.74, 6) is 0.677. The van der Waals surface area contributed by atoms with E-state index < -0.39 is 0 Å². The summed E-state index contributed by atoms with van der Waals surface area (Å²) < 4.78 is 5.73. The van der Waals surface area contributed by atoms with Gasteiger partial charge in [0.2, 0.25) is 11.8 Å². The number of carbonyl (C=O) groups is 2. The maximum atomic E-state index is 12.7. The molecule has 160 valence electrons. The van der Waals surface area contributed by atoms with Crippen LogP contribution in [0.3, 0.4) is 0 Å². The van der Waals surface area contributed by atoms with Crippen LogP contribution in [0.25, 0.3) is 0 Å². The minimum absolute atomic E-state index is 0.00179. The number of amides is 2. The molecule has 1 aliphatic rings. The predicted octanol–water partition coefficient (Wildman–Crippen LogP) is 3.49. The van der Waals surface area contributed by atoms with Gasteiger partial charge in [-0.2, -0.15) is 0 Å². The molecule has 2 aromatic rings. The zero-order valence-corrected chi connectivity index (χ0v) is 18.1. The number of hydrogen-bond acceptors (Lipinski definition) is 4. The van der Waals surface area contributed by atoms with Gasteiger partial charge in [-0.15, -0.1) is 0 Å². The normalized spacial score (nSPS) is 15.6. The third kappa shape index (κ3) is 5.83. The Balaban J connectivity index is 1.58. The van der Waals surface area contributed by atoms with E-state index in [1.165, 1.54) is 5.56 Å². The molecule has 1 heterocycles. The van der Waals surface area contributed by atoms with Gasteiger partial charge in [0.15, 0.2) is 0 Å². The van der Waals surface area contributed by atoms with Gasteiger partial charge >= 0.3 is 0 Å². The second kappa shape index (κ2) is 10.3. The topological polar surface area (TPSA) is 61.9 Å². The molecule has 0 spiro atoms. The first-order chi connectivity index (χ1) is 14.4. The van der Waals surface area contributed by atoms with Crippen molar-refractivity contribution in [2.75, 3.05) is 39.1 Å². The molecule has 2 amide bonds. The van der Waals surface area contributed by atoms with Gasteiger partial charge in [-0.3, -0.25) is 9.59 Å². The summed E-state index contributed by atoms with van der Waals surface area (Å²) in [7, 11) is 4.08. The Morgan fingerprint density at radius 3 is 2.57 bits per heavy atom. The van der Waals surface area contributed by atoms with E-state index in [1.54, 1.807) is 11.8 Å². The molecule has 0 fully saturated rings. The van der Waals surface area contributed by atoms with Gasteiger partial charge < -0.3 is 19.9 Å². The van der Waals surface area contributed by atoms with Crippen molar-refractivity contribution in [1.82, 2.24) is 9.80 Å². The molecule has 1 unspecified atom stereocenters. The third-order valence-corrected chi connectivity index (χ3v) is 5.35. The van der Waals surface area contributed by atoms with Crippen molar-refractivity contribution in [3.63, 3.8) is 0 Å². The van der Waals surface area contributed by atoms with Crippen LogP contribution in [0.4, 0.5) is 5.69 Å². The third-order valence-electron chi connectivity index (χ3n) is 5.35. The number of nitrogens with one attached hydrogen (secondary N) is 1. The van der Waals surface area contributed by atoms with Crippen LogP contribution in [0.5, 0.6) is 5.75 Å². The summed E-state index contributed by atoms with van der Waals surface area (Å²) in [5, 5.41) is 2.95. The zero-order chi connectivity index (χ0) is 21.5. The number of rotatable bonds is 8. The van der Waals surface area contributed by atoms with E-state index in [9.17, 15) is 9.59 Å². The van der Waals surface area contributed by atoms with E-state index in [4.69, 9.17) is 4.74 Å². The largest absolute Gasteiger partial charge is 0.494 e. The van der Waals surface area contributed by atoms with Crippen LogP contribution in [0, 0.1) is 0 Å². The molecule has 0 bridgehead atoms. The fourth-order valence-electron chi connectivity index (χ4n) is 3.84. The van der Waals surface area contributed by atoms with Crippen LogP contribution in [0.2, 0.25) is 0 Å². The number of ether oxygens (including phenoxy) is 1. The second-order valence-electron chi connectivity index (χ2n) is 7.96. The Hall–Kier alpha value is -2.86. The molecule has 0 radical (unpaired) electrons. The Morgan fingerprint density at radius 2 is 1.87 bits per heavy atom. The first-order valence-corrected chi connectivity index (χ1v) is 10.5. The minimum atomic E-state index is -0.230.